The molecule has 3 N–H and O–H groups in total. The van der Waals surface area contributed by atoms with E-state index in [2.05, 4.69) is 0 Å². The first-order valence-corrected chi connectivity index (χ1v) is 4.52. The number of phenolic OH excluding ortho intramolecular Hbond substituents is 1. The number of benzene rings is 1. The number of alkyl halides is 3. The van der Waals surface area contributed by atoms with Crippen LogP contribution in [-0.4, -0.2) is 18.4 Å². The molecule has 98 valence electrons. The molecule has 0 unspecified atom stereocenters. The predicted octanol–water partition coefficient (Wildman–Crippen LogP) is 2.77. The number of aromatic hydroxyl groups is 1. The molecule has 0 fully saturated rings. The van der Waals surface area contributed by atoms with Crippen molar-refractivity contribution in [3.05, 3.63) is 23.8 Å². The molecule has 0 saturated heterocycles. The van der Waals surface area contributed by atoms with E-state index in [0.717, 1.165) is 0 Å². The number of nitrogens with two attached hydrogens (primary N) is 1. The first-order chi connectivity index (χ1) is 7.33. The fourth-order valence-electron chi connectivity index (χ4n) is 1.29. The molecule has 17 heavy (non-hydrogen) atoms. The Morgan fingerprint density at radius 1 is 1.41 bits per heavy atom. The first kappa shape index (κ1) is 15.9. The Balaban J connectivity index is 0.00000256. The van der Waals surface area contributed by atoms with Crippen molar-refractivity contribution >= 4 is 12.4 Å². The summed E-state index contributed by atoms with van der Waals surface area (Å²) in [4.78, 5) is 0. The molecule has 0 saturated carbocycles. The van der Waals surface area contributed by atoms with Crippen molar-refractivity contribution in [2.45, 2.75) is 18.6 Å². The number of halogens is 4. The smallest absolute Gasteiger partial charge is 0.390 e. The summed E-state index contributed by atoms with van der Waals surface area (Å²) in [6.07, 6.45) is -5.43. The molecule has 1 aromatic rings. The normalized spacial score (nSPS) is 12.8. The van der Waals surface area contributed by atoms with Crippen LogP contribution in [0.2, 0.25) is 0 Å². The molecule has 0 radical (unpaired) electrons. The van der Waals surface area contributed by atoms with Gasteiger partial charge in [0.05, 0.1) is 13.5 Å². The fraction of sp³-hybridized carbons (Fsp3) is 0.400. The summed E-state index contributed by atoms with van der Waals surface area (Å²) >= 11 is 0. The van der Waals surface area contributed by atoms with Crippen molar-refractivity contribution in [3.63, 3.8) is 0 Å². The average Bonchev–Trinajstić information content (AvgIpc) is 2.15. The minimum absolute atomic E-state index is 0. The maximum atomic E-state index is 12.1. The van der Waals surface area contributed by atoms with Gasteiger partial charge in [-0.1, -0.05) is 6.07 Å². The van der Waals surface area contributed by atoms with Crippen LogP contribution in [0.15, 0.2) is 18.2 Å². The molecular formula is C10H13ClF3NO2. The Hall–Kier alpha value is -1.14. The van der Waals surface area contributed by atoms with Crippen LogP contribution in [0, 0.1) is 0 Å². The second kappa shape index (κ2) is 5.97. The summed E-state index contributed by atoms with van der Waals surface area (Å²) in [5.41, 5.74) is 5.67. The summed E-state index contributed by atoms with van der Waals surface area (Å²) < 4.78 is 41.1. The maximum Gasteiger partial charge on any atom is 0.390 e. The SMILES string of the molecule is COc1cc([C@@H](N)CC(F)(F)F)ccc1O.Cl. The van der Waals surface area contributed by atoms with Crippen LogP contribution >= 0.6 is 12.4 Å². The lowest BCUT2D eigenvalue weighted by atomic mass is 10.0. The third kappa shape index (κ3) is 4.70. The van der Waals surface area contributed by atoms with Gasteiger partial charge in [-0.15, -0.1) is 12.4 Å². The third-order valence-corrected chi connectivity index (χ3v) is 2.08. The minimum atomic E-state index is -4.31. The first-order valence-electron chi connectivity index (χ1n) is 4.52. The Labute approximate surface area is 103 Å². The summed E-state index contributed by atoms with van der Waals surface area (Å²) in [5, 5.41) is 9.26. The van der Waals surface area contributed by atoms with Gasteiger partial charge in [-0.3, -0.25) is 0 Å². The Kier molecular flexibility index (Phi) is 5.57. The quantitative estimate of drug-likeness (QED) is 0.889. The van der Waals surface area contributed by atoms with E-state index in [1.54, 1.807) is 0 Å². The monoisotopic (exact) mass is 271 g/mol. The van der Waals surface area contributed by atoms with E-state index in [0.29, 0.717) is 0 Å². The van der Waals surface area contributed by atoms with E-state index in [4.69, 9.17) is 10.5 Å². The molecular weight excluding hydrogens is 259 g/mol. The summed E-state index contributed by atoms with van der Waals surface area (Å²) in [5.74, 6) is -0.0272. The maximum absolute atomic E-state index is 12.1. The fourth-order valence-corrected chi connectivity index (χ4v) is 1.29. The van der Waals surface area contributed by atoms with E-state index in [1.165, 1.54) is 25.3 Å². The molecule has 0 aliphatic carbocycles. The highest BCUT2D eigenvalue weighted by molar-refractivity contribution is 5.85. The molecule has 1 aromatic carbocycles. The molecule has 0 amide bonds. The molecule has 0 aromatic heterocycles. The van der Waals surface area contributed by atoms with Crippen molar-refractivity contribution < 1.29 is 23.0 Å². The van der Waals surface area contributed by atoms with Crippen LogP contribution in [0.3, 0.4) is 0 Å². The van der Waals surface area contributed by atoms with Crippen LogP contribution in [0.1, 0.15) is 18.0 Å². The second-order valence-electron chi connectivity index (χ2n) is 3.36. The lowest BCUT2D eigenvalue weighted by molar-refractivity contribution is -0.138. The van der Waals surface area contributed by atoms with Crippen LogP contribution in [-0.2, 0) is 0 Å². The van der Waals surface area contributed by atoms with Crippen molar-refractivity contribution in [2.24, 2.45) is 5.73 Å². The molecule has 0 aliphatic rings. The van der Waals surface area contributed by atoms with E-state index in [1.807, 2.05) is 0 Å². The van der Waals surface area contributed by atoms with Gasteiger partial charge in [0.2, 0.25) is 0 Å². The van der Waals surface area contributed by atoms with Gasteiger partial charge in [-0.05, 0) is 17.7 Å². The molecule has 0 spiro atoms. The van der Waals surface area contributed by atoms with Gasteiger partial charge in [0.1, 0.15) is 0 Å². The zero-order valence-corrected chi connectivity index (χ0v) is 9.81. The zero-order chi connectivity index (χ0) is 12.3. The number of ether oxygens (including phenoxy) is 1. The molecule has 0 bridgehead atoms. The van der Waals surface area contributed by atoms with Gasteiger partial charge in [-0.2, -0.15) is 13.2 Å². The highest BCUT2D eigenvalue weighted by Crippen LogP contribution is 2.32. The standard InChI is InChI=1S/C10H12F3NO2.ClH/c1-16-9-4-6(2-3-8(9)15)7(14)5-10(11,12)13;/h2-4,7,15H,5,14H2,1H3;1H/t7-;/m0./s1. The van der Waals surface area contributed by atoms with E-state index < -0.39 is 18.6 Å². The van der Waals surface area contributed by atoms with Crippen LogP contribution in [0.25, 0.3) is 0 Å². The van der Waals surface area contributed by atoms with E-state index in [-0.39, 0.29) is 29.5 Å². The van der Waals surface area contributed by atoms with E-state index in [9.17, 15) is 18.3 Å². The highest BCUT2D eigenvalue weighted by atomic mass is 35.5. The average molecular weight is 272 g/mol. The molecule has 1 rings (SSSR count). The minimum Gasteiger partial charge on any atom is -0.504 e. The van der Waals surface area contributed by atoms with Crippen molar-refractivity contribution in [2.75, 3.05) is 7.11 Å². The lowest BCUT2D eigenvalue weighted by Gasteiger charge is -2.15. The second-order valence-corrected chi connectivity index (χ2v) is 3.36. The molecule has 0 heterocycles. The Morgan fingerprint density at radius 3 is 2.47 bits per heavy atom. The third-order valence-electron chi connectivity index (χ3n) is 2.08. The number of hydrogen-bond acceptors (Lipinski definition) is 3. The number of methoxy groups -OCH3 is 1. The summed E-state index contributed by atoms with van der Waals surface area (Å²) in [6, 6.07) is 2.74. The largest absolute Gasteiger partial charge is 0.504 e. The molecule has 7 heteroatoms. The van der Waals surface area contributed by atoms with Crippen molar-refractivity contribution in [1.29, 1.82) is 0 Å². The zero-order valence-electron chi connectivity index (χ0n) is 8.99. The number of rotatable bonds is 3. The summed E-state index contributed by atoms with van der Waals surface area (Å²) in [6.45, 7) is 0. The molecule has 3 nitrogen and oxygen atoms in total. The summed E-state index contributed by atoms with van der Waals surface area (Å²) in [7, 11) is 1.31. The molecule has 1 atom stereocenters. The van der Waals surface area contributed by atoms with Crippen LogP contribution in [0.4, 0.5) is 13.2 Å². The van der Waals surface area contributed by atoms with Gasteiger partial charge in [0.15, 0.2) is 11.5 Å². The van der Waals surface area contributed by atoms with E-state index >= 15 is 0 Å². The van der Waals surface area contributed by atoms with Gasteiger partial charge in [0, 0.05) is 6.04 Å². The topological polar surface area (TPSA) is 55.5 Å². The van der Waals surface area contributed by atoms with Gasteiger partial charge in [0.25, 0.3) is 0 Å². The van der Waals surface area contributed by atoms with Gasteiger partial charge >= 0.3 is 6.18 Å². The molecule has 0 aliphatic heterocycles. The lowest BCUT2D eigenvalue weighted by Crippen LogP contribution is -2.20. The Morgan fingerprint density at radius 2 is 2.00 bits per heavy atom. The highest BCUT2D eigenvalue weighted by Gasteiger charge is 2.31. The van der Waals surface area contributed by atoms with Crippen LogP contribution in [0.5, 0.6) is 11.5 Å². The van der Waals surface area contributed by atoms with Gasteiger partial charge < -0.3 is 15.6 Å². The Bertz CT molecular complexity index is 371. The number of phenols is 1. The van der Waals surface area contributed by atoms with Crippen molar-refractivity contribution in [1.82, 2.24) is 0 Å². The van der Waals surface area contributed by atoms with Gasteiger partial charge in [-0.25, -0.2) is 0 Å². The predicted molar refractivity (Wildman–Crippen MR) is 59.5 cm³/mol. The van der Waals surface area contributed by atoms with Crippen molar-refractivity contribution in [3.8, 4) is 11.5 Å². The van der Waals surface area contributed by atoms with Crippen LogP contribution < -0.4 is 10.5 Å². The number of hydrogen-bond donors (Lipinski definition) is 2.